The van der Waals surface area contributed by atoms with Crippen LogP contribution in [0.4, 0.5) is 18.9 Å². The summed E-state index contributed by atoms with van der Waals surface area (Å²) in [4.78, 5) is 12.9. The maximum atomic E-state index is 13.3. The lowest BCUT2D eigenvalue weighted by atomic mass is 9.92. The second kappa shape index (κ2) is 8.90. The minimum absolute atomic E-state index is 0.181. The molecule has 6 nitrogen and oxygen atoms in total. The molecule has 0 spiro atoms. The monoisotopic (exact) mass is 458 g/mol. The number of nitrogens with zero attached hydrogens (tertiary/aromatic N) is 2. The number of hydrogen-bond acceptors (Lipinski definition) is 4. The Bertz CT molecular complexity index is 1120. The maximum absolute atomic E-state index is 13.3. The number of halogens is 3. The molecule has 3 aromatic rings. The van der Waals surface area contributed by atoms with Gasteiger partial charge in [-0.2, -0.15) is 18.3 Å². The summed E-state index contributed by atoms with van der Waals surface area (Å²) in [6, 6.07) is 14.5. The Balaban J connectivity index is 1.58. The van der Waals surface area contributed by atoms with Gasteiger partial charge >= 0.3 is 6.18 Å². The van der Waals surface area contributed by atoms with Gasteiger partial charge in [0.05, 0.1) is 12.8 Å². The molecule has 0 atom stereocenters. The third-order valence-electron chi connectivity index (χ3n) is 6.01. The van der Waals surface area contributed by atoms with Crippen molar-refractivity contribution < 1.29 is 22.7 Å². The smallest absolute Gasteiger partial charge is 0.435 e. The van der Waals surface area contributed by atoms with E-state index in [0.717, 1.165) is 36.6 Å². The molecule has 0 unspecified atom stereocenters. The van der Waals surface area contributed by atoms with Crippen LogP contribution in [-0.4, -0.2) is 36.4 Å². The van der Waals surface area contributed by atoms with Crippen molar-refractivity contribution in [2.45, 2.75) is 30.9 Å². The molecule has 1 fully saturated rings. The molecule has 2 aromatic carbocycles. The highest BCUT2D eigenvalue weighted by molar-refractivity contribution is 6.03. The third kappa shape index (κ3) is 4.88. The molecule has 1 amide bonds. The van der Waals surface area contributed by atoms with Crippen molar-refractivity contribution >= 4 is 11.6 Å². The van der Waals surface area contributed by atoms with E-state index in [-0.39, 0.29) is 11.1 Å². The predicted molar refractivity (Wildman–Crippen MR) is 119 cm³/mol. The molecular weight excluding hydrogens is 433 g/mol. The fourth-order valence-electron chi connectivity index (χ4n) is 3.90. The Morgan fingerprint density at radius 2 is 1.79 bits per heavy atom. The van der Waals surface area contributed by atoms with Crippen molar-refractivity contribution in [2.24, 2.45) is 0 Å². The molecule has 0 saturated heterocycles. The first kappa shape index (κ1) is 22.8. The molecule has 1 aromatic heterocycles. The van der Waals surface area contributed by atoms with Crippen LogP contribution in [0, 0.1) is 0 Å². The fourth-order valence-corrected chi connectivity index (χ4v) is 3.90. The standard InChI is InChI=1S/C24H25F3N4O2/c1-28-14-13-23(11-12-23)16-3-5-17(6-4-16)29-22(32)20-15-21(24(25,26)27)30-31(20)18-7-9-19(33-2)10-8-18/h3-10,15,28H,11-14H2,1-2H3,(H,29,32). The molecule has 0 radical (unpaired) electrons. The van der Waals surface area contributed by atoms with Crippen molar-refractivity contribution in [3.05, 3.63) is 71.5 Å². The predicted octanol–water partition coefficient (Wildman–Crippen LogP) is 4.79. The average Bonchev–Trinajstić information content (AvgIpc) is 3.45. The van der Waals surface area contributed by atoms with Crippen LogP contribution >= 0.6 is 0 Å². The van der Waals surface area contributed by atoms with Gasteiger partial charge in [0.15, 0.2) is 5.69 Å². The maximum Gasteiger partial charge on any atom is 0.435 e. The molecule has 9 heteroatoms. The lowest BCUT2D eigenvalue weighted by Crippen LogP contribution is -2.18. The number of amides is 1. The zero-order valence-electron chi connectivity index (χ0n) is 18.4. The number of carbonyl (C=O) groups excluding carboxylic acids is 1. The second-order valence-electron chi connectivity index (χ2n) is 8.19. The van der Waals surface area contributed by atoms with E-state index in [0.29, 0.717) is 17.1 Å². The molecule has 2 N–H and O–H groups in total. The number of rotatable bonds is 8. The summed E-state index contributed by atoms with van der Waals surface area (Å²) in [5.74, 6) is -0.144. The summed E-state index contributed by atoms with van der Waals surface area (Å²) < 4.78 is 46.1. The van der Waals surface area contributed by atoms with Crippen LogP contribution in [0.15, 0.2) is 54.6 Å². The summed E-state index contributed by atoms with van der Waals surface area (Å²) in [6.07, 6.45) is -1.39. The minimum Gasteiger partial charge on any atom is -0.497 e. The summed E-state index contributed by atoms with van der Waals surface area (Å²) in [7, 11) is 3.41. The Morgan fingerprint density at radius 3 is 2.33 bits per heavy atom. The van der Waals surface area contributed by atoms with Crippen LogP contribution in [0.1, 0.15) is 41.0 Å². The number of nitrogens with one attached hydrogen (secondary N) is 2. The number of carbonyl (C=O) groups is 1. The van der Waals surface area contributed by atoms with Crippen molar-refractivity contribution in [1.82, 2.24) is 15.1 Å². The van der Waals surface area contributed by atoms with Crippen molar-refractivity contribution in [2.75, 3.05) is 26.0 Å². The van der Waals surface area contributed by atoms with Crippen LogP contribution in [0.3, 0.4) is 0 Å². The normalized spacial score (nSPS) is 14.7. The Labute approximate surface area is 189 Å². The molecule has 1 heterocycles. The van der Waals surface area contributed by atoms with Gasteiger partial charge < -0.3 is 15.4 Å². The highest BCUT2D eigenvalue weighted by atomic mass is 19.4. The lowest BCUT2D eigenvalue weighted by molar-refractivity contribution is -0.141. The quantitative estimate of drug-likeness (QED) is 0.509. The van der Waals surface area contributed by atoms with E-state index in [1.807, 2.05) is 19.2 Å². The van der Waals surface area contributed by atoms with Crippen LogP contribution in [0.5, 0.6) is 5.75 Å². The van der Waals surface area contributed by atoms with Crippen LogP contribution in [0.2, 0.25) is 0 Å². The first-order valence-corrected chi connectivity index (χ1v) is 10.6. The van der Waals surface area contributed by atoms with Gasteiger partial charge in [0.1, 0.15) is 11.4 Å². The van der Waals surface area contributed by atoms with Crippen LogP contribution in [-0.2, 0) is 11.6 Å². The molecule has 0 aliphatic heterocycles. The van der Waals surface area contributed by atoms with Crippen LogP contribution < -0.4 is 15.4 Å². The second-order valence-corrected chi connectivity index (χ2v) is 8.19. The van der Waals surface area contributed by atoms with Crippen molar-refractivity contribution in [1.29, 1.82) is 0 Å². The zero-order chi connectivity index (χ0) is 23.6. The Kier molecular flexibility index (Phi) is 6.16. The first-order chi connectivity index (χ1) is 15.8. The summed E-state index contributed by atoms with van der Waals surface area (Å²) in [5, 5.41) is 9.51. The Hall–Kier alpha value is -3.33. The van der Waals surface area contributed by atoms with Gasteiger partial charge in [0.2, 0.25) is 0 Å². The minimum atomic E-state index is -4.68. The molecule has 1 aliphatic rings. The van der Waals surface area contributed by atoms with Gasteiger partial charge in [-0.05, 0) is 80.2 Å². The van der Waals surface area contributed by atoms with Gasteiger partial charge in [0.25, 0.3) is 5.91 Å². The van der Waals surface area contributed by atoms with Gasteiger partial charge in [-0.3, -0.25) is 4.79 Å². The van der Waals surface area contributed by atoms with Gasteiger partial charge in [-0.15, -0.1) is 0 Å². The van der Waals surface area contributed by atoms with E-state index in [4.69, 9.17) is 4.74 Å². The van der Waals surface area contributed by atoms with E-state index in [1.165, 1.54) is 24.8 Å². The highest BCUT2D eigenvalue weighted by Gasteiger charge is 2.43. The SMILES string of the molecule is CNCCC1(c2ccc(NC(=O)c3cc(C(F)(F)F)nn3-c3ccc(OC)cc3)cc2)CC1. The molecule has 1 aliphatic carbocycles. The number of hydrogen-bond donors (Lipinski definition) is 2. The molecule has 33 heavy (non-hydrogen) atoms. The topological polar surface area (TPSA) is 68.2 Å². The molecule has 174 valence electrons. The first-order valence-electron chi connectivity index (χ1n) is 10.6. The lowest BCUT2D eigenvalue weighted by Gasteiger charge is -2.16. The van der Waals surface area contributed by atoms with Crippen molar-refractivity contribution in [3.8, 4) is 11.4 Å². The Morgan fingerprint density at radius 1 is 1.12 bits per heavy atom. The number of methoxy groups -OCH3 is 1. The number of benzene rings is 2. The van der Waals surface area contributed by atoms with E-state index in [1.54, 1.807) is 24.3 Å². The largest absolute Gasteiger partial charge is 0.497 e. The van der Waals surface area contributed by atoms with Gasteiger partial charge in [-0.1, -0.05) is 12.1 Å². The number of aromatic nitrogens is 2. The summed E-state index contributed by atoms with van der Waals surface area (Å²) >= 11 is 0. The number of anilines is 1. The molecule has 1 saturated carbocycles. The van der Waals surface area contributed by atoms with E-state index in [9.17, 15) is 18.0 Å². The molecule has 4 rings (SSSR count). The van der Waals surface area contributed by atoms with E-state index < -0.39 is 17.8 Å². The van der Waals surface area contributed by atoms with Gasteiger partial charge in [-0.25, -0.2) is 4.68 Å². The molecular formula is C24H25F3N4O2. The summed E-state index contributed by atoms with van der Waals surface area (Å²) in [5.41, 5.74) is 0.845. The van der Waals surface area contributed by atoms with Crippen molar-refractivity contribution in [3.63, 3.8) is 0 Å². The third-order valence-corrected chi connectivity index (χ3v) is 6.01. The average molecular weight is 458 g/mol. The number of alkyl halides is 3. The van der Waals surface area contributed by atoms with Crippen LogP contribution in [0.25, 0.3) is 5.69 Å². The van der Waals surface area contributed by atoms with E-state index >= 15 is 0 Å². The van der Waals surface area contributed by atoms with Gasteiger partial charge in [0, 0.05) is 11.8 Å². The van der Waals surface area contributed by atoms with E-state index in [2.05, 4.69) is 15.7 Å². The zero-order valence-corrected chi connectivity index (χ0v) is 18.4. The fraction of sp³-hybridized carbons (Fsp3) is 0.333. The highest BCUT2D eigenvalue weighted by Crippen LogP contribution is 2.50. The summed E-state index contributed by atoms with van der Waals surface area (Å²) in [6.45, 7) is 0.926. The number of ether oxygens (including phenoxy) is 1. The molecule has 0 bridgehead atoms.